The first-order chi connectivity index (χ1) is 14.8. The highest BCUT2D eigenvalue weighted by atomic mass is 14.1. The Kier molecular flexibility index (Phi) is 3.72. The number of rotatable bonds is 2. The van der Waals surface area contributed by atoms with Crippen LogP contribution in [-0.4, -0.2) is 0 Å². The zero-order valence-corrected chi connectivity index (χ0v) is 16.6. The highest BCUT2D eigenvalue weighted by Crippen LogP contribution is 2.37. The van der Waals surface area contributed by atoms with Crippen LogP contribution in [0.5, 0.6) is 0 Å². The molecule has 0 aliphatic rings. The molecule has 0 aromatic heterocycles. The van der Waals surface area contributed by atoms with Crippen molar-refractivity contribution in [2.75, 3.05) is 0 Å². The van der Waals surface area contributed by atoms with E-state index in [0.29, 0.717) is 0 Å². The van der Waals surface area contributed by atoms with Gasteiger partial charge in [-0.1, -0.05) is 91.5 Å². The Morgan fingerprint density at radius 1 is 0.433 bits per heavy atom. The van der Waals surface area contributed by atoms with Gasteiger partial charge in [0, 0.05) is 0 Å². The van der Waals surface area contributed by atoms with E-state index in [4.69, 9.17) is 0 Å². The Bertz CT molecular complexity index is 1600. The number of benzene rings is 6. The maximum atomic E-state index is 4.02. The predicted octanol–water partition coefficient (Wildman–Crippen LogP) is 8.61. The summed E-state index contributed by atoms with van der Waals surface area (Å²) < 4.78 is 0. The lowest BCUT2D eigenvalue weighted by Crippen LogP contribution is -1.86. The molecule has 6 aromatic rings. The Labute approximate surface area is 175 Å². The summed E-state index contributed by atoms with van der Waals surface area (Å²) in [7, 11) is 0. The van der Waals surface area contributed by atoms with E-state index in [2.05, 4.69) is 110 Å². The number of fused-ring (bicyclic) bond motifs is 5. The molecule has 6 aromatic carbocycles. The lowest BCUT2D eigenvalue weighted by atomic mass is 9.91. The Morgan fingerprint density at radius 2 is 1.00 bits per heavy atom. The average molecular weight is 380 g/mol. The molecule has 0 spiro atoms. The molecule has 0 fully saturated rings. The molecule has 0 N–H and O–H groups in total. The van der Waals surface area contributed by atoms with Gasteiger partial charge in [-0.3, -0.25) is 0 Å². The van der Waals surface area contributed by atoms with Gasteiger partial charge in [0.25, 0.3) is 0 Å². The van der Waals surface area contributed by atoms with E-state index in [9.17, 15) is 0 Å². The van der Waals surface area contributed by atoms with Crippen LogP contribution in [0.15, 0.2) is 110 Å². The summed E-state index contributed by atoms with van der Waals surface area (Å²) in [5, 5.41) is 10.3. The molecule has 0 heterocycles. The average Bonchev–Trinajstić information content (AvgIpc) is 2.81. The SMILES string of the molecule is C=Cc1ccccc1-c1cccc2cc3ccc4cc5ccccc5cc4c3cc12. The standard InChI is InChI=1S/C30H20/c1-2-20-8-5-6-12-26(20)27-13-7-11-23-17-25-15-14-24-16-21-9-3-4-10-22(21)18-28(24)30(25)19-29(23)27/h2-19H,1H2. The van der Waals surface area contributed by atoms with E-state index in [1.165, 1.54) is 54.2 Å². The molecule has 0 heteroatoms. The number of hydrogen-bond donors (Lipinski definition) is 0. The fourth-order valence-electron chi connectivity index (χ4n) is 4.68. The molecular formula is C30H20. The van der Waals surface area contributed by atoms with E-state index >= 15 is 0 Å². The van der Waals surface area contributed by atoms with Gasteiger partial charge in [0.2, 0.25) is 0 Å². The van der Waals surface area contributed by atoms with Crippen LogP contribution in [-0.2, 0) is 0 Å². The smallest absolute Gasteiger partial charge is 0.00986 e. The zero-order chi connectivity index (χ0) is 20.1. The van der Waals surface area contributed by atoms with Gasteiger partial charge in [0.1, 0.15) is 0 Å². The predicted molar refractivity (Wildman–Crippen MR) is 132 cm³/mol. The van der Waals surface area contributed by atoms with E-state index in [1.54, 1.807) is 0 Å². The Morgan fingerprint density at radius 3 is 1.80 bits per heavy atom. The van der Waals surface area contributed by atoms with Crippen molar-refractivity contribution in [1.82, 2.24) is 0 Å². The van der Waals surface area contributed by atoms with Gasteiger partial charge in [-0.25, -0.2) is 0 Å². The summed E-state index contributed by atoms with van der Waals surface area (Å²) in [5.74, 6) is 0. The molecule has 0 unspecified atom stereocenters. The molecule has 0 saturated carbocycles. The fraction of sp³-hybridized carbons (Fsp3) is 0. The second-order valence-electron chi connectivity index (χ2n) is 7.88. The summed E-state index contributed by atoms with van der Waals surface area (Å²) in [6, 6.07) is 37.5. The molecule has 0 atom stereocenters. The monoisotopic (exact) mass is 380 g/mol. The van der Waals surface area contributed by atoms with Crippen molar-refractivity contribution in [2.45, 2.75) is 0 Å². The van der Waals surface area contributed by atoms with Gasteiger partial charge < -0.3 is 0 Å². The second-order valence-corrected chi connectivity index (χ2v) is 7.88. The lowest BCUT2D eigenvalue weighted by Gasteiger charge is -2.13. The van der Waals surface area contributed by atoms with Gasteiger partial charge in [-0.2, -0.15) is 0 Å². The van der Waals surface area contributed by atoms with E-state index in [-0.39, 0.29) is 0 Å². The summed E-state index contributed by atoms with van der Waals surface area (Å²) in [6.07, 6.45) is 1.94. The fourth-order valence-corrected chi connectivity index (χ4v) is 4.68. The van der Waals surface area contributed by atoms with Crippen molar-refractivity contribution in [3.8, 4) is 11.1 Å². The van der Waals surface area contributed by atoms with Gasteiger partial charge in [-0.05, 0) is 84.0 Å². The second kappa shape index (κ2) is 6.57. The van der Waals surface area contributed by atoms with Crippen LogP contribution in [0.1, 0.15) is 5.56 Å². The van der Waals surface area contributed by atoms with Gasteiger partial charge >= 0.3 is 0 Å². The molecule has 0 aliphatic carbocycles. The van der Waals surface area contributed by atoms with Crippen LogP contribution >= 0.6 is 0 Å². The third-order valence-electron chi connectivity index (χ3n) is 6.17. The minimum Gasteiger partial charge on any atom is -0.0984 e. The normalized spacial score (nSPS) is 11.5. The molecule has 0 aliphatic heterocycles. The first-order valence-corrected chi connectivity index (χ1v) is 10.3. The lowest BCUT2D eigenvalue weighted by molar-refractivity contribution is 1.62. The maximum Gasteiger partial charge on any atom is -0.00986 e. The van der Waals surface area contributed by atoms with Gasteiger partial charge in [-0.15, -0.1) is 0 Å². The third kappa shape index (κ3) is 2.54. The molecular weight excluding hydrogens is 360 g/mol. The molecule has 6 rings (SSSR count). The largest absolute Gasteiger partial charge is 0.0984 e. The van der Waals surface area contributed by atoms with Crippen molar-refractivity contribution < 1.29 is 0 Å². The van der Waals surface area contributed by atoms with Crippen molar-refractivity contribution in [2.24, 2.45) is 0 Å². The zero-order valence-electron chi connectivity index (χ0n) is 16.6. The van der Waals surface area contributed by atoms with Crippen LogP contribution in [0.25, 0.3) is 60.3 Å². The summed E-state index contributed by atoms with van der Waals surface area (Å²) >= 11 is 0. The van der Waals surface area contributed by atoms with Crippen LogP contribution in [0.3, 0.4) is 0 Å². The van der Waals surface area contributed by atoms with Crippen molar-refractivity contribution in [3.05, 3.63) is 115 Å². The maximum absolute atomic E-state index is 4.02. The van der Waals surface area contributed by atoms with Gasteiger partial charge in [0.15, 0.2) is 0 Å². The topological polar surface area (TPSA) is 0 Å². The third-order valence-corrected chi connectivity index (χ3v) is 6.17. The molecule has 0 saturated heterocycles. The first-order valence-electron chi connectivity index (χ1n) is 10.3. The van der Waals surface area contributed by atoms with E-state index in [0.717, 1.165) is 5.56 Å². The Hall–Kier alpha value is -3.90. The molecule has 0 nitrogen and oxygen atoms in total. The minimum atomic E-state index is 1.16. The molecule has 140 valence electrons. The quantitative estimate of drug-likeness (QED) is 0.208. The summed E-state index contributed by atoms with van der Waals surface area (Å²) in [6.45, 7) is 4.02. The van der Waals surface area contributed by atoms with Crippen molar-refractivity contribution >= 4 is 49.2 Å². The minimum absolute atomic E-state index is 1.16. The van der Waals surface area contributed by atoms with Gasteiger partial charge in [0.05, 0.1) is 0 Å². The van der Waals surface area contributed by atoms with Crippen molar-refractivity contribution in [3.63, 3.8) is 0 Å². The highest BCUT2D eigenvalue weighted by Gasteiger charge is 2.10. The molecule has 0 radical (unpaired) electrons. The Balaban J connectivity index is 1.74. The van der Waals surface area contributed by atoms with Crippen LogP contribution in [0.2, 0.25) is 0 Å². The molecule has 0 bridgehead atoms. The summed E-state index contributed by atoms with van der Waals surface area (Å²) in [5.41, 5.74) is 3.64. The molecule has 0 amide bonds. The van der Waals surface area contributed by atoms with Crippen molar-refractivity contribution in [1.29, 1.82) is 0 Å². The van der Waals surface area contributed by atoms with Crippen LogP contribution in [0, 0.1) is 0 Å². The van der Waals surface area contributed by atoms with Crippen LogP contribution in [0.4, 0.5) is 0 Å². The van der Waals surface area contributed by atoms with Crippen LogP contribution < -0.4 is 0 Å². The number of hydrogen-bond acceptors (Lipinski definition) is 0. The highest BCUT2D eigenvalue weighted by molar-refractivity contribution is 6.16. The molecule has 30 heavy (non-hydrogen) atoms. The summed E-state index contributed by atoms with van der Waals surface area (Å²) in [4.78, 5) is 0. The van der Waals surface area contributed by atoms with E-state index in [1.807, 2.05) is 6.08 Å². The first kappa shape index (κ1) is 17.0. The van der Waals surface area contributed by atoms with E-state index < -0.39 is 0 Å².